The molecule has 0 radical (unpaired) electrons. The molecule has 1 aliphatic carbocycles. The van der Waals surface area contributed by atoms with Gasteiger partial charge in [0.1, 0.15) is 11.7 Å². The SMILES string of the molecule is CCC1(C)CCCC(C)(C)C1N=C(N)/C=C(\N)N(C)C. The molecule has 2 unspecified atom stereocenters. The van der Waals surface area contributed by atoms with Gasteiger partial charge in [0.05, 0.1) is 6.04 Å². The van der Waals surface area contributed by atoms with E-state index in [1.807, 2.05) is 19.0 Å². The largest absolute Gasteiger partial charge is 0.385 e. The van der Waals surface area contributed by atoms with Gasteiger partial charge in [-0.15, -0.1) is 0 Å². The Morgan fingerprint density at radius 1 is 1.25 bits per heavy atom. The molecule has 1 aliphatic rings. The van der Waals surface area contributed by atoms with Crippen LogP contribution in [0, 0.1) is 10.8 Å². The lowest BCUT2D eigenvalue weighted by Gasteiger charge is -2.48. The van der Waals surface area contributed by atoms with Gasteiger partial charge in [0, 0.05) is 20.2 Å². The van der Waals surface area contributed by atoms with Gasteiger partial charge in [-0.2, -0.15) is 0 Å². The number of hydrogen-bond donors (Lipinski definition) is 2. The Hall–Kier alpha value is -1.19. The monoisotopic (exact) mass is 280 g/mol. The Morgan fingerprint density at radius 2 is 1.85 bits per heavy atom. The first-order chi connectivity index (χ1) is 9.12. The zero-order chi connectivity index (χ0) is 15.6. The number of nitrogens with zero attached hydrogens (tertiary/aromatic N) is 2. The summed E-state index contributed by atoms with van der Waals surface area (Å²) in [6.07, 6.45) is 6.60. The summed E-state index contributed by atoms with van der Waals surface area (Å²) in [5, 5.41) is 0. The molecule has 0 aromatic heterocycles. The molecule has 4 heteroatoms. The Kier molecular flexibility index (Phi) is 5.11. The fourth-order valence-electron chi connectivity index (χ4n) is 3.33. The first-order valence-electron chi connectivity index (χ1n) is 7.60. The second-order valence-electron chi connectivity index (χ2n) is 7.27. The first-order valence-corrected chi connectivity index (χ1v) is 7.60. The van der Waals surface area contributed by atoms with E-state index in [-0.39, 0.29) is 16.9 Å². The summed E-state index contributed by atoms with van der Waals surface area (Å²) in [4.78, 5) is 6.69. The standard InChI is InChI=1S/C16H32N4/c1-7-16(4)10-8-9-15(2,3)14(16)19-12(17)11-13(18)20(5)6/h11,14H,7-10,18H2,1-6H3,(H2,17,19)/b13-11+. The fraction of sp³-hybridized carbons (Fsp3) is 0.812. The lowest BCUT2D eigenvalue weighted by molar-refractivity contribution is 0.0606. The number of rotatable bonds is 4. The van der Waals surface area contributed by atoms with E-state index in [1.54, 1.807) is 6.08 Å². The lowest BCUT2D eigenvalue weighted by Crippen LogP contribution is -2.46. The van der Waals surface area contributed by atoms with E-state index in [0.29, 0.717) is 11.7 Å². The van der Waals surface area contributed by atoms with Crippen LogP contribution < -0.4 is 11.5 Å². The normalized spacial score (nSPS) is 31.2. The van der Waals surface area contributed by atoms with E-state index in [4.69, 9.17) is 16.5 Å². The molecule has 0 bridgehead atoms. The molecule has 1 rings (SSSR count). The molecule has 0 aromatic rings. The summed E-state index contributed by atoms with van der Waals surface area (Å²) < 4.78 is 0. The number of aliphatic imine (C=N–C) groups is 1. The highest BCUT2D eigenvalue weighted by Crippen LogP contribution is 2.49. The zero-order valence-electron chi connectivity index (χ0n) is 14.0. The molecule has 116 valence electrons. The molecule has 20 heavy (non-hydrogen) atoms. The topological polar surface area (TPSA) is 67.6 Å². The molecule has 1 fully saturated rings. The molecule has 0 saturated heterocycles. The Bertz CT molecular complexity index is 395. The maximum atomic E-state index is 6.11. The Balaban J connectivity index is 3.09. The van der Waals surface area contributed by atoms with Crippen LogP contribution in [0.4, 0.5) is 0 Å². The van der Waals surface area contributed by atoms with Gasteiger partial charge >= 0.3 is 0 Å². The average molecular weight is 280 g/mol. The van der Waals surface area contributed by atoms with Crippen LogP contribution in [0.15, 0.2) is 16.9 Å². The molecule has 4 nitrogen and oxygen atoms in total. The van der Waals surface area contributed by atoms with Crippen molar-refractivity contribution >= 4 is 5.84 Å². The van der Waals surface area contributed by atoms with Crippen LogP contribution in [-0.4, -0.2) is 30.9 Å². The minimum Gasteiger partial charge on any atom is -0.385 e. The summed E-state index contributed by atoms with van der Waals surface area (Å²) in [6, 6.07) is 0.250. The Morgan fingerprint density at radius 3 is 2.35 bits per heavy atom. The molecule has 0 heterocycles. The van der Waals surface area contributed by atoms with Crippen LogP contribution >= 0.6 is 0 Å². The minimum absolute atomic E-state index is 0.189. The summed E-state index contributed by atoms with van der Waals surface area (Å²) in [7, 11) is 3.81. The van der Waals surface area contributed by atoms with Crippen molar-refractivity contribution in [2.24, 2.45) is 27.3 Å². The highest BCUT2D eigenvalue weighted by atomic mass is 15.1. The van der Waals surface area contributed by atoms with Crippen molar-refractivity contribution < 1.29 is 0 Å². The van der Waals surface area contributed by atoms with Crippen LogP contribution in [0.5, 0.6) is 0 Å². The summed E-state index contributed by atoms with van der Waals surface area (Å²) in [5.74, 6) is 1.17. The molecule has 0 aromatic carbocycles. The van der Waals surface area contributed by atoms with Crippen LogP contribution in [0.25, 0.3) is 0 Å². The average Bonchev–Trinajstić information content (AvgIpc) is 2.33. The molecular weight excluding hydrogens is 248 g/mol. The maximum Gasteiger partial charge on any atom is 0.122 e. The van der Waals surface area contributed by atoms with Crippen LogP contribution in [0.3, 0.4) is 0 Å². The maximum absolute atomic E-state index is 6.11. The second kappa shape index (κ2) is 6.06. The third-order valence-corrected chi connectivity index (χ3v) is 4.87. The smallest absolute Gasteiger partial charge is 0.122 e. The minimum atomic E-state index is 0.189. The van der Waals surface area contributed by atoms with E-state index < -0.39 is 0 Å². The number of amidine groups is 1. The number of hydrogen-bond acceptors (Lipinski definition) is 3. The van der Waals surface area contributed by atoms with Gasteiger partial charge in [0.2, 0.25) is 0 Å². The third kappa shape index (κ3) is 3.68. The molecule has 0 aliphatic heterocycles. The van der Waals surface area contributed by atoms with Crippen molar-refractivity contribution in [2.45, 2.75) is 59.4 Å². The highest BCUT2D eigenvalue weighted by Gasteiger charge is 2.45. The summed E-state index contributed by atoms with van der Waals surface area (Å²) in [6.45, 7) is 9.21. The number of nitrogens with two attached hydrogens (primary N) is 2. The van der Waals surface area contributed by atoms with E-state index in [9.17, 15) is 0 Å². The lowest BCUT2D eigenvalue weighted by atomic mass is 9.59. The third-order valence-electron chi connectivity index (χ3n) is 4.87. The molecule has 0 spiro atoms. The van der Waals surface area contributed by atoms with Crippen molar-refractivity contribution in [3.05, 3.63) is 11.9 Å². The molecule has 4 N–H and O–H groups in total. The molecule has 0 amide bonds. The fourth-order valence-corrected chi connectivity index (χ4v) is 3.33. The van der Waals surface area contributed by atoms with E-state index in [0.717, 1.165) is 6.42 Å². The van der Waals surface area contributed by atoms with E-state index in [2.05, 4.69) is 27.7 Å². The second-order valence-corrected chi connectivity index (χ2v) is 7.27. The van der Waals surface area contributed by atoms with Crippen molar-refractivity contribution in [1.82, 2.24) is 4.90 Å². The van der Waals surface area contributed by atoms with Crippen LogP contribution in [0.2, 0.25) is 0 Å². The van der Waals surface area contributed by atoms with Gasteiger partial charge in [-0.25, -0.2) is 0 Å². The van der Waals surface area contributed by atoms with Gasteiger partial charge in [-0.1, -0.05) is 34.1 Å². The van der Waals surface area contributed by atoms with E-state index in [1.165, 1.54) is 19.3 Å². The van der Waals surface area contributed by atoms with Crippen molar-refractivity contribution in [3.63, 3.8) is 0 Å². The highest BCUT2D eigenvalue weighted by molar-refractivity contribution is 5.92. The van der Waals surface area contributed by atoms with E-state index >= 15 is 0 Å². The first kappa shape index (κ1) is 16.9. The van der Waals surface area contributed by atoms with Crippen molar-refractivity contribution in [2.75, 3.05) is 14.1 Å². The van der Waals surface area contributed by atoms with Gasteiger partial charge in [0.15, 0.2) is 0 Å². The summed E-state index contributed by atoms with van der Waals surface area (Å²) >= 11 is 0. The van der Waals surface area contributed by atoms with Crippen molar-refractivity contribution in [3.8, 4) is 0 Å². The van der Waals surface area contributed by atoms with Crippen molar-refractivity contribution in [1.29, 1.82) is 0 Å². The molecule has 1 saturated carbocycles. The van der Waals surface area contributed by atoms with Gasteiger partial charge < -0.3 is 16.4 Å². The predicted molar refractivity (Wildman–Crippen MR) is 87.4 cm³/mol. The van der Waals surface area contributed by atoms with Crippen LogP contribution in [0.1, 0.15) is 53.4 Å². The molecular formula is C16H32N4. The quantitative estimate of drug-likeness (QED) is 0.614. The van der Waals surface area contributed by atoms with Crippen LogP contribution in [-0.2, 0) is 0 Å². The van der Waals surface area contributed by atoms with Gasteiger partial charge in [0.25, 0.3) is 0 Å². The molecule has 2 atom stereocenters. The zero-order valence-corrected chi connectivity index (χ0v) is 14.0. The Labute approximate surface area is 124 Å². The van der Waals surface area contributed by atoms with Gasteiger partial charge in [-0.05, 0) is 30.1 Å². The summed E-state index contributed by atoms with van der Waals surface area (Å²) in [5.41, 5.74) is 12.4. The predicted octanol–water partition coefficient (Wildman–Crippen LogP) is 2.70. The van der Waals surface area contributed by atoms with Gasteiger partial charge in [-0.3, -0.25) is 4.99 Å².